The maximum atomic E-state index is 12.8. The summed E-state index contributed by atoms with van der Waals surface area (Å²) in [6.07, 6.45) is 5.67. The number of ketones is 1. The van der Waals surface area contributed by atoms with Crippen molar-refractivity contribution in [2.45, 2.75) is 70.2 Å². The summed E-state index contributed by atoms with van der Waals surface area (Å²) >= 11 is 0. The SMILES string of the molecule is Cc1ccc(C(=O)C2CCCN2C(O)C(=O)NC2CCCCC2)cc1. The molecule has 0 aromatic heterocycles. The van der Waals surface area contributed by atoms with Crippen molar-refractivity contribution in [3.63, 3.8) is 0 Å². The number of benzene rings is 1. The Hall–Kier alpha value is -1.72. The maximum absolute atomic E-state index is 12.8. The Kier molecular flexibility index (Phi) is 5.86. The first-order valence-corrected chi connectivity index (χ1v) is 9.41. The zero-order valence-electron chi connectivity index (χ0n) is 14.9. The number of nitrogens with one attached hydrogen (secondary N) is 1. The van der Waals surface area contributed by atoms with E-state index in [1.807, 2.05) is 31.2 Å². The van der Waals surface area contributed by atoms with E-state index >= 15 is 0 Å². The number of rotatable bonds is 5. The first-order chi connectivity index (χ1) is 12.1. The molecule has 0 radical (unpaired) electrons. The van der Waals surface area contributed by atoms with Gasteiger partial charge in [0.2, 0.25) is 0 Å². The Labute approximate surface area is 149 Å². The molecule has 0 bridgehead atoms. The average Bonchev–Trinajstić information content (AvgIpc) is 3.11. The number of aryl methyl sites for hydroxylation is 1. The molecule has 1 amide bonds. The number of aliphatic hydroxyl groups is 1. The van der Waals surface area contributed by atoms with Crippen molar-refractivity contribution in [3.8, 4) is 0 Å². The third kappa shape index (κ3) is 4.28. The highest BCUT2D eigenvalue weighted by Gasteiger charge is 2.38. The Balaban J connectivity index is 1.64. The highest BCUT2D eigenvalue weighted by molar-refractivity contribution is 6.00. The van der Waals surface area contributed by atoms with Crippen molar-refractivity contribution in [1.82, 2.24) is 10.2 Å². The predicted octanol–water partition coefficient (Wildman–Crippen LogP) is 2.41. The third-order valence-corrected chi connectivity index (χ3v) is 5.43. The molecule has 1 aromatic carbocycles. The molecule has 136 valence electrons. The molecular weight excluding hydrogens is 316 g/mol. The molecule has 5 nitrogen and oxygen atoms in total. The van der Waals surface area contributed by atoms with Gasteiger partial charge in [-0.05, 0) is 32.6 Å². The van der Waals surface area contributed by atoms with Crippen molar-refractivity contribution < 1.29 is 14.7 Å². The van der Waals surface area contributed by atoms with Crippen LogP contribution in [-0.2, 0) is 4.79 Å². The van der Waals surface area contributed by atoms with Gasteiger partial charge in [0.05, 0.1) is 6.04 Å². The lowest BCUT2D eigenvalue weighted by Gasteiger charge is -2.30. The molecule has 2 aliphatic rings. The van der Waals surface area contributed by atoms with Crippen LogP contribution in [0.2, 0.25) is 0 Å². The summed E-state index contributed by atoms with van der Waals surface area (Å²) < 4.78 is 0. The van der Waals surface area contributed by atoms with E-state index in [1.165, 1.54) is 6.42 Å². The molecule has 5 heteroatoms. The van der Waals surface area contributed by atoms with Crippen LogP contribution in [0.15, 0.2) is 24.3 Å². The van der Waals surface area contributed by atoms with Gasteiger partial charge in [-0.15, -0.1) is 0 Å². The molecule has 1 saturated heterocycles. The first-order valence-electron chi connectivity index (χ1n) is 9.41. The van der Waals surface area contributed by atoms with Crippen LogP contribution in [0.4, 0.5) is 0 Å². The van der Waals surface area contributed by atoms with E-state index in [4.69, 9.17) is 0 Å². The predicted molar refractivity (Wildman–Crippen MR) is 96.3 cm³/mol. The summed E-state index contributed by atoms with van der Waals surface area (Å²) in [6, 6.07) is 7.21. The van der Waals surface area contributed by atoms with E-state index in [-0.39, 0.29) is 17.7 Å². The van der Waals surface area contributed by atoms with Gasteiger partial charge >= 0.3 is 0 Å². The molecule has 2 fully saturated rings. The van der Waals surface area contributed by atoms with E-state index in [2.05, 4.69) is 5.32 Å². The molecule has 1 saturated carbocycles. The molecule has 3 rings (SSSR count). The van der Waals surface area contributed by atoms with Crippen LogP contribution in [-0.4, -0.2) is 46.6 Å². The quantitative estimate of drug-likeness (QED) is 0.805. The van der Waals surface area contributed by atoms with E-state index in [0.717, 1.165) is 37.7 Å². The highest BCUT2D eigenvalue weighted by Crippen LogP contribution is 2.24. The number of Topliss-reactive ketones (excluding diaryl/α,β-unsaturated/α-hetero) is 1. The van der Waals surface area contributed by atoms with Crippen LogP contribution >= 0.6 is 0 Å². The molecule has 1 aromatic rings. The molecule has 25 heavy (non-hydrogen) atoms. The van der Waals surface area contributed by atoms with Crippen LogP contribution in [0.1, 0.15) is 60.9 Å². The fraction of sp³-hybridized carbons (Fsp3) is 0.600. The monoisotopic (exact) mass is 344 g/mol. The number of hydrogen-bond donors (Lipinski definition) is 2. The van der Waals surface area contributed by atoms with Crippen LogP contribution in [0.5, 0.6) is 0 Å². The molecule has 1 aliphatic carbocycles. The van der Waals surface area contributed by atoms with E-state index < -0.39 is 12.3 Å². The minimum absolute atomic E-state index is 0.0120. The second-order valence-corrected chi connectivity index (χ2v) is 7.34. The minimum atomic E-state index is -1.25. The molecular formula is C20H28N2O3. The van der Waals surface area contributed by atoms with Gasteiger partial charge in [-0.25, -0.2) is 0 Å². The summed E-state index contributed by atoms with van der Waals surface area (Å²) in [5.74, 6) is -0.377. The number of likely N-dealkylation sites (tertiary alicyclic amines) is 1. The lowest BCUT2D eigenvalue weighted by atomic mass is 9.95. The summed E-state index contributed by atoms with van der Waals surface area (Å²) in [4.78, 5) is 26.9. The van der Waals surface area contributed by atoms with Gasteiger partial charge in [0.1, 0.15) is 0 Å². The van der Waals surface area contributed by atoms with Crippen molar-refractivity contribution in [2.75, 3.05) is 6.54 Å². The van der Waals surface area contributed by atoms with Gasteiger partial charge in [-0.1, -0.05) is 49.1 Å². The van der Waals surface area contributed by atoms with Gasteiger partial charge in [-0.2, -0.15) is 0 Å². The summed E-state index contributed by atoms with van der Waals surface area (Å²) in [7, 11) is 0. The zero-order chi connectivity index (χ0) is 17.8. The van der Waals surface area contributed by atoms with Gasteiger partial charge in [-0.3, -0.25) is 14.5 Å². The van der Waals surface area contributed by atoms with Crippen molar-refractivity contribution in [2.24, 2.45) is 0 Å². The number of hydrogen-bond acceptors (Lipinski definition) is 4. The Morgan fingerprint density at radius 1 is 1.08 bits per heavy atom. The van der Waals surface area contributed by atoms with Gasteiger partial charge in [0.25, 0.3) is 5.91 Å². The lowest BCUT2D eigenvalue weighted by molar-refractivity contribution is -0.140. The van der Waals surface area contributed by atoms with Crippen molar-refractivity contribution in [1.29, 1.82) is 0 Å². The molecule has 2 N–H and O–H groups in total. The fourth-order valence-electron chi connectivity index (χ4n) is 3.95. The first kappa shape index (κ1) is 18.1. The fourth-order valence-corrected chi connectivity index (χ4v) is 3.95. The van der Waals surface area contributed by atoms with Crippen LogP contribution in [0.25, 0.3) is 0 Å². The molecule has 2 unspecified atom stereocenters. The van der Waals surface area contributed by atoms with Crippen LogP contribution in [0, 0.1) is 6.92 Å². The van der Waals surface area contributed by atoms with E-state index in [9.17, 15) is 14.7 Å². The number of nitrogens with zero attached hydrogens (tertiary/aromatic N) is 1. The van der Waals surface area contributed by atoms with Gasteiger partial charge < -0.3 is 10.4 Å². The number of amides is 1. The lowest BCUT2D eigenvalue weighted by Crippen LogP contribution is -2.53. The smallest absolute Gasteiger partial charge is 0.264 e. The Morgan fingerprint density at radius 2 is 1.76 bits per heavy atom. The van der Waals surface area contributed by atoms with Crippen LogP contribution in [0.3, 0.4) is 0 Å². The molecule has 1 heterocycles. The van der Waals surface area contributed by atoms with E-state index in [1.54, 1.807) is 4.90 Å². The Bertz CT molecular complexity index is 608. The Morgan fingerprint density at radius 3 is 2.44 bits per heavy atom. The topological polar surface area (TPSA) is 69.6 Å². The second-order valence-electron chi connectivity index (χ2n) is 7.34. The average molecular weight is 344 g/mol. The maximum Gasteiger partial charge on any atom is 0.264 e. The van der Waals surface area contributed by atoms with Gasteiger partial charge in [0.15, 0.2) is 12.0 Å². The molecule has 1 aliphatic heterocycles. The second kappa shape index (κ2) is 8.11. The van der Waals surface area contributed by atoms with E-state index in [0.29, 0.717) is 18.5 Å². The summed E-state index contributed by atoms with van der Waals surface area (Å²) in [5, 5.41) is 13.5. The normalized spacial score (nSPS) is 23.4. The number of carbonyl (C=O) groups is 2. The van der Waals surface area contributed by atoms with Gasteiger partial charge in [0, 0.05) is 18.2 Å². The third-order valence-electron chi connectivity index (χ3n) is 5.43. The van der Waals surface area contributed by atoms with Crippen molar-refractivity contribution in [3.05, 3.63) is 35.4 Å². The molecule has 2 atom stereocenters. The number of carbonyl (C=O) groups excluding carboxylic acids is 2. The molecule has 0 spiro atoms. The standard InChI is InChI=1S/C20H28N2O3/c1-14-9-11-15(12-10-14)18(23)17-8-5-13-22(17)20(25)19(24)21-16-6-3-2-4-7-16/h9-12,16-17,20,25H,2-8,13H2,1H3,(H,21,24). The van der Waals surface area contributed by atoms with Crippen LogP contribution < -0.4 is 5.32 Å². The highest BCUT2D eigenvalue weighted by atomic mass is 16.3. The largest absolute Gasteiger partial charge is 0.370 e. The summed E-state index contributed by atoms with van der Waals surface area (Å²) in [5.41, 5.74) is 1.74. The zero-order valence-corrected chi connectivity index (χ0v) is 14.9. The minimum Gasteiger partial charge on any atom is -0.370 e. The number of aliphatic hydroxyl groups excluding tert-OH is 1. The van der Waals surface area contributed by atoms with Crippen molar-refractivity contribution >= 4 is 11.7 Å². The summed E-state index contributed by atoms with van der Waals surface area (Å²) in [6.45, 7) is 2.55.